The summed E-state index contributed by atoms with van der Waals surface area (Å²) in [5.74, 6) is 1.56. The van der Waals surface area contributed by atoms with Crippen molar-refractivity contribution in [2.45, 2.75) is 51.9 Å². The van der Waals surface area contributed by atoms with Crippen molar-refractivity contribution in [1.29, 1.82) is 0 Å². The number of rotatable bonds is 7. The summed E-state index contributed by atoms with van der Waals surface area (Å²) in [6.45, 7) is 5.17. The van der Waals surface area contributed by atoms with E-state index in [2.05, 4.69) is 12.1 Å². The highest BCUT2D eigenvalue weighted by atomic mass is 32.2. The maximum Gasteiger partial charge on any atom is 0.228 e. The average molecular weight is 443 g/mol. The number of benzene rings is 1. The molecule has 31 heavy (non-hydrogen) atoms. The van der Waals surface area contributed by atoms with E-state index < -0.39 is 10.0 Å². The quantitative estimate of drug-likeness (QED) is 0.658. The number of anilines is 1. The van der Waals surface area contributed by atoms with Crippen molar-refractivity contribution in [1.82, 2.24) is 14.3 Å². The number of sulfonamides is 1. The van der Waals surface area contributed by atoms with Crippen molar-refractivity contribution in [3.8, 4) is 0 Å². The zero-order valence-corrected chi connectivity index (χ0v) is 19.1. The Morgan fingerprint density at radius 3 is 2.65 bits per heavy atom. The van der Waals surface area contributed by atoms with Crippen molar-refractivity contribution in [2.75, 3.05) is 30.3 Å². The van der Waals surface area contributed by atoms with E-state index in [0.717, 1.165) is 29.9 Å². The molecule has 8 heteroatoms. The van der Waals surface area contributed by atoms with Gasteiger partial charge in [-0.25, -0.2) is 22.7 Å². The molecule has 1 aromatic carbocycles. The average Bonchev–Trinajstić information content (AvgIpc) is 3.27. The van der Waals surface area contributed by atoms with Gasteiger partial charge in [-0.2, -0.15) is 0 Å². The third-order valence-electron chi connectivity index (χ3n) is 6.32. The van der Waals surface area contributed by atoms with Crippen LogP contribution in [-0.2, 0) is 27.7 Å². The minimum atomic E-state index is -3.21. The SMILES string of the molecule is CCS(=O)(=O)N1CC[C@@H](c2nc(C)c3c(n2)N(CCCc2ccccc2)C(=O)CC3)C1. The zero-order chi connectivity index (χ0) is 22.0. The Balaban J connectivity index is 1.54. The first kappa shape index (κ1) is 21.9. The largest absolute Gasteiger partial charge is 0.296 e. The van der Waals surface area contributed by atoms with Gasteiger partial charge in [-0.15, -0.1) is 0 Å². The fourth-order valence-electron chi connectivity index (χ4n) is 4.48. The monoisotopic (exact) mass is 442 g/mol. The van der Waals surface area contributed by atoms with E-state index in [1.807, 2.05) is 30.0 Å². The molecule has 2 aliphatic rings. The standard InChI is InChI=1S/C23H30N4O3S/c1-3-31(29,30)26-15-13-19(16-26)22-24-17(2)20-11-12-21(28)27(23(20)25-22)14-7-10-18-8-5-4-6-9-18/h4-6,8-9,19H,3,7,10-16H2,1-2H3/t19-/m1/s1. The molecule has 1 atom stereocenters. The van der Waals surface area contributed by atoms with Gasteiger partial charge >= 0.3 is 0 Å². The molecule has 7 nitrogen and oxygen atoms in total. The summed E-state index contributed by atoms with van der Waals surface area (Å²) in [6, 6.07) is 10.3. The van der Waals surface area contributed by atoms with Gasteiger partial charge in [-0.3, -0.25) is 9.69 Å². The van der Waals surface area contributed by atoms with Gasteiger partial charge in [0.25, 0.3) is 0 Å². The normalized spacial score (nSPS) is 19.6. The molecule has 0 N–H and O–H groups in total. The molecule has 0 unspecified atom stereocenters. The summed E-state index contributed by atoms with van der Waals surface area (Å²) in [7, 11) is -3.21. The Morgan fingerprint density at radius 1 is 1.13 bits per heavy atom. The van der Waals surface area contributed by atoms with Crippen LogP contribution in [0.25, 0.3) is 0 Å². The second-order valence-corrected chi connectivity index (χ2v) is 10.6. The molecule has 2 aliphatic heterocycles. The van der Waals surface area contributed by atoms with E-state index in [1.54, 1.807) is 11.2 Å². The highest BCUT2D eigenvalue weighted by molar-refractivity contribution is 7.89. The molecule has 3 heterocycles. The first-order valence-corrected chi connectivity index (χ1v) is 12.7. The van der Waals surface area contributed by atoms with Crippen molar-refractivity contribution in [2.24, 2.45) is 0 Å². The molecule has 1 saturated heterocycles. The molecule has 2 aromatic rings. The van der Waals surface area contributed by atoms with Gasteiger partial charge in [0.15, 0.2) is 0 Å². The molecule has 4 rings (SSSR count). The molecule has 0 radical (unpaired) electrons. The molecule has 0 bridgehead atoms. The number of nitrogens with zero attached hydrogens (tertiary/aromatic N) is 4. The second-order valence-electron chi connectivity index (χ2n) is 8.35. The third-order valence-corrected chi connectivity index (χ3v) is 8.17. The van der Waals surface area contributed by atoms with Crippen LogP contribution >= 0.6 is 0 Å². The van der Waals surface area contributed by atoms with Crippen LogP contribution < -0.4 is 4.90 Å². The van der Waals surface area contributed by atoms with Gasteiger partial charge in [-0.05, 0) is 45.1 Å². The number of fused-ring (bicyclic) bond motifs is 1. The van der Waals surface area contributed by atoms with E-state index >= 15 is 0 Å². The minimum Gasteiger partial charge on any atom is -0.296 e. The number of carbonyl (C=O) groups excluding carboxylic acids is 1. The summed E-state index contributed by atoms with van der Waals surface area (Å²) >= 11 is 0. The van der Waals surface area contributed by atoms with E-state index in [1.165, 1.54) is 5.56 Å². The lowest BCUT2D eigenvalue weighted by molar-refractivity contribution is -0.119. The highest BCUT2D eigenvalue weighted by Crippen LogP contribution is 2.33. The number of hydrogen-bond donors (Lipinski definition) is 0. The predicted molar refractivity (Wildman–Crippen MR) is 121 cm³/mol. The van der Waals surface area contributed by atoms with Crippen molar-refractivity contribution < 1.29 is 13.2 Å². The number of aryl methyl sites for hydroxylation is 2. The summed E-state index contributed by atoms with van der Waals surface area (Å²) in [5, 5.41) is 0. The van der Waals surface area contributed by atoms with Gasteiger partial charge in [0, 0.05) is 43.2 Å². The number of aromatic nitrogens is 2. The fraction of sp³-hybridized carbons (Fsp3) is 0.522. The lowest BCUT2D eigenvalue weighted by atomic mass is 10.0. The highest BCUT2D eigenvalue weighted by Gasteiger charge is 2.34. The summed E-state index contributed by atoms with van der Waals surface area (Å²) in [5.41, 5.74) is 3.20. The van der Waals surface area contributed by atoms with E-state index in [4.69, 9.17) is 9.97 Å². The molecule has 1 amide bonds. The van der Waals surface area contributed by atoms with Crippen LogP contribution in [0.5, 0.6) is 0 Å². The molecule has 1 aromatic heterocycles. The first-order chi connectivity index (χ1) is 14.9. The van der Waals surface area contributed by atoms with Crippen molar-refractivity contribution in [3.05, 3.63) is 53.0 Å². The number of carbonyl (C=O) groups is 1. The van der Waals surface area contributed by atoms with Crippen LogP contribution in [0.4, 0.5) is 5.82 Å². The maximum atomic E-state index is 12.7. The minimum absolute atomic E-state index is 0.0338. The Kier molecular flexibility index (Phi) is 6.39. The topological polar surface area (TPSA) is 83.5 Å². The molecular weight excluding hydrogens is 412 g/mol. The smallest absolute Gasteiger partial charge is 0.228 e. The van der Waals surface area contributed by atoms with E-state index in [9.17, 15) is 13.2 Å². The van der Waals surface area contributed by atoms with Gasteiger partial charge in [0.1, 0.15) is 11.6 Å². The van der Waals surface area contributed by atoms with Crippen molar-refractivity contribution in [3.63, 3.8) is 0 Å². The Bertz CT molecular complexity index is 1060. The van der Waals surface area contributed by atoms with E-state index in [-0.39, 0.29) is 17.6 Å². The second kappa shape index (κ2) is 9.04. The summed E-state index contributed by atoms with van der Waals surface area (Å²) in [6.07, 6.45) is 3.62. The van der Waals surface area contributed by atoms with E-state index in [0.29, 0.717) is 44.7 Å². The van der Waals surface area contributed by atoms with Crippen LogP contribution in [0.2, 0.25) is 0 Å². The third kappa shape index (κ3) is 4.65. The fourth-order valence-corrected chi connectivity index (χ4v) is 5.63. The molecule has 0 spiro atoms. The van der Waals surface area contributed by atoms with Crippen LogP contribution in [0.1, 0.15) is 54.7 Å². The molecule has 1 fully saturated rings. The lowest BCUT2D eigenvalue weighted by Gasteiger charge is -2.30. The van der Waals surface area contributed by atoms with Gasteiger partial charge in [-0.1, -0.05) is 30.3 Å². The van der Waals surface area contributed by atoms with Gasteiger partial charge < -0.3 is 0 Å². The van der Waals surface area contributed by atoms with Crippen LogP contribution in [0.3, 0.4) is 0 Å². The lowest BCUT2D eigenvalue weighted by Crippen LogP contribution is -2.38. The number of hydrogen-bond acceptors (Lipinski definition) is 5. The predicted octanol–water partition coefficient (Wildman–Crippen LogP) is 2.84. The Hall–Kier alpha value is -2.32. The maximum absolute atomic E-state index is 12.7. The molecule has 166 valence electrons. The Labute approximate surface area is 184 Å². The van der Waals surface area contributed by atoms with Crippen LogP contribution in [0, 0.1) is 6.92 Å². The van der Waals surface area contributed by atoms with Crippen LogP contribution in [-0.4, -0.2) is 54.0 Å². The number of amides is 1. The van der Waals surface area contributed by atoms with Crippen molar-refractivity contribution >= 4 is 21.7 Å². The Morgan fingerprint density at radius 2 is 1.90 bits per heavy atom. The molecular formula is C23H30N4O3S. The molecule has 0 aliphatic carbocycles. The molecule has 0 saturated carbocycles. The zero-order valence-electron chi connectivity index (χ0n) is 18.2. The first-order valence-electron chi connectivity index (χ1n) is 11.1. The van der Waals surface area contributed by atoms with Gasteiger partial charge in [0.05, 0.1) is 5.75 Å². The van der Waals surface area contributed by atoms with Crippen LogP contribution in [0.15, 0.2) is 30.3 Å². The summed E-state index contributed by atoms with van der Waals surface area (Å²) < 4.78 is 26.0. The summed E-state index contributed by atoms with van der Waals surface area (Å²) in [4.78, 5) is 24.1. The van der Waals surface area contributed by atoms with Gasteiger partial charge in [0.2, 0.25) is 15.9 Å².